The number of nitrogens with zero attached hydrogens (tertiary/aromatic N) is 2. The molecule has 100 valence electrons. The first-order chi connectivity index (χ1) is 8.45. The number of amides is 1. The molecule has 7 nitrogen and oxygen atoms in total. The molecule has 0 spiro atoms. The largest absolute Gasteiger partial charge is 0.383 e. The Morgan fingerprint density at radius 2 is 2.17 bits per heavy atom. The Balaban J connectivity index is 2.74. The normalized spacial score (nSPS) is 12.2. The van der Waals surface area contributed by atoms with Gasteiger partial charge in [0.25, 0.3) is 5.56 Å². The molecule has 0 radical (unpaired) electrons. The van der Waals surface area contributed by atoms with Crippen LogP contribution in [-0.4, -0.2) is 34.8 Å². The molecule has 1 heterocycles. The van der Waals surface area contributed by atoms with Gasteiger partial charge in [0.15, 0.2) is 0 Å². The highest BCUT2D eigenvalue weighted by Crippen LogP contribution is 1.85. The standard InChI is InChI=1S/C11H17N3O4/c1-8(7-18-3)12-9(15)6-14-5-4-10(16)13(2)11(14)17/h4-5,8H,6-7H2,1-3H3,(H,12,15). The molecule has 1 aromatic heterocycles. The monoisotopic (exact) mass is 255 g/mol. The first kappa shape index (κ1) is 14.2. The van der Waals surface area contributed by atoms with Crippen molar-refractivity contribution in [2.45, 2.75) is 19.5 Å². The van der Waals surface area contributed by atoms with Crippen LogP contribution >= 0.6 is 0 Å². The van der Waals surface area contributed by atoms with Crippen molar-refractivity contribution in [1.82, 2.24) is 14.5 Å². The maximum atomic E-state index is 11.7. The minimum atomic E-state index is -0.517. The van der Waals surface area contributed by atoms with Crippen molar-refractivity contribution in [3.05, 3.63) is 33.1 Å². The maximum Gasteiger partial charge on any atom is 0.331 e. The molecular weight excluding hydrogens is 238 g/mol. The zero-order valence-corrected chi connectivity index (χ0v) is 10.7. The second-order valence-corrected chi connectivity index (χ2v) is 4.05. The molecule has 0 fully saturated rings. The molecule has 1 aromatic rings. The highest BCUT2D eigenvalue weighted by Gasteiger charge is 2.09. The summed E-state index contributed by atoms with van der Waals surface area (Å²) in [5, 5.41) is 2.68. The van der Waals surface area contributed by atoms with Crippen LogP contribution in [0.15, 0.2) is 21.9 Å². The van der Waals surface area contributed by atoms with Crippen LogP contribution < -0.4 is 16.6 Å². The second kappa shape index (κ2) is 6.15. The molecule has 0 aliphatic heterocycles. The Bertz CT molecular complexity index is 532. The van der Waals surface area contributed by atoms with Gasteiger partial charge in [-0.2, -0.15) is 0 Å². The van der Waals surface area contributed by atoms with Gasteiger partial charge in [-0.05, 0) is 6.92 Å². The first-order valence-corrected chi connectivity index (χ1v) is 5.50. The van der Waals surface area contributed by atoms with E-state index in [4.69, 9.17) is 4.74 Å². The topological polar surface area (TPSA) is 82.3 Å². The average molecular weight is 255 g/mol. The third-order valence-electron chi connectivity index (χ3n) is 2.40. The van der Waals surface area contributed by atoms with Crippen LogP contribution in [-0.2, 0) is 23.1 Å². The Kier molecular flexibility index (Phi) is 4.85. The molecule has 0 aliphatic rings. The fourth-order valence-electron chi connectivity index (χ4n) is 1.50. The summed E-state index contributed by atoms with van der Waals surface area (Å²) in [6.07, 6.45) is 1.31. The number of methoxy groups -OCH3 is 1. The zero-order valence-electron chi connectivity index (χ0n) is 10.7. The molecule has 0 saturated heterocycles. The smallest absolute Gasteiger partial charge is 0.331 e. The fourth-order valence-corrected chi connectivity index (χ4v) is 1.50. The van der Waals surface area contributed by atoms with Gasteiger partial charge in [0, 0.05) is 32.5 Å². The molecule has 1 atom stereocenters. The lowest BCUT2D eigenvalue weighted by molar-refractivity contribution is -0.122. The maximum absolute atomic E-state index is 11.7. The number of hydrogen-bond acceptors (Lipinski definition) is 4. The summed E-state index contributed by atoms with van der Waals surface area (Å²) in [7, 11) is 2.91. The van der Waals surface area contributed by atoms with Crippen LogP contribution in [0.5, 0.6) is 0 Å². The SMILES string of the molecule is COCC(C)NC(=O)Cn1ccc(=O)n(C)c1=O. The fraction of sp³-hybridized carbons (Fsp3) is 0.545. The Labute approximate surface area is 104 Å². The summed E-state index contributed by atoms with van der Waals surface area (Å²) in [5.74, 6) is -0.305. The third kappa shape index (κ3) is 3.56. The van der Waals surface area contributed by atoms with E-state index in [9.17, 15) is 14.4 Å². The summed E-state index contributed by atoms with van der Waals surface area (Å²) in [6.45, 7) is 2.07. The summed E-state index contributed by atoms with van der Waals surface area (Å²) in [6, 6.07) is 1.11. The highest BCUT2D eigenvalue weighted by molar-refractivity contribution is 5.75. The van der Waals surface area contributed by atoms with Crippen LogP contribution in [0.4, 0.5) is 0 Å². The number of ether oxygens (including phenoxy) is 1. The summed E-state index contributed by atoms with van der Waals surface area (Å²) < 4.78 is 7.01. The zero-order chi connectivity index (χ0) is 13.7. The second-order valence-electron chi connectivity index (χ2n) is 4.05. The van der Waals surface area contributed by atoms with E-state index in [2.05, 4.69) is 5.32 Å². The van der Waals surface area contributed by atoms with Gasteiger partial charge in [0.05, 0.1) is 6.61 Å². The Morgan fingerprint density at radius 3 is 2.78 bits per heavy atom. The van der Waals surface area contributed by atoms with Gasteiger partial charge in [0.2, 0.25) is 5.91 Å². The molecular formula is C11H17N3O4. The van der Waals surface area contributed by atoms with Gasteiger partial charge in [-0.25, -0.2) is 4.79 Å². The van der Waals surface area contributed by atoms with Crippen molar-refractivity contribution in [2.24, 2.45) is 7.05 Å². The first-order valence-electron chi connectivity index (χ1n) is 5.50. The van der Waals surface area contributed by atoms with Crippen molar-refractivity contribution < 1.29 is 9.53 Å². The molecule has 18 heavy (non-hydrogen) atoms. The molecule has 7 heteroatoms. The average Bonchev–Trinajstić information content (AvgIpc) is 2.30. The summed E-state index contributed by atoms with van der Waals surface area (Å²) >= 11 is 0. The van der Waals surface area contributed by atoms with Gasteiger partial charge >= 0.3 is 5.69 Å². The van der Waals surface area contributed by atoms with Gasteiger partial charge in [-0.3, -0.25) is 18.7 Å². The van der Waals surface area contributed by atoms with Crippen LogP contribution in [0.1, 0.15) is 6.92 Å². The van der Waals surface area contributed by atoms with E-state index >= 15 is 0 Å². The van der Waals surface area contributed by atoms with Crippen LogP contribution in [0.3, 0.4) is 0 Å². The van der Waals surface area contributed by atoms with Crippen molar-refractivity contribution in [2.75, 3.05) is 13.7 Å². The van der Waals surface area contributed by atoms with Gasteiger partial charge in [-0.1, -0.05) is 0 Å². The minimum absolute atomic E-state index is 0.124. The molecule has 1 N–H and O–H groups in total. The molecule has 1 amide bonds. The predicted molar refractivity (Wildman–Crippen MR) is 65.4 cm³/mol. The van der Waals surface area contributed by atoms with E-state index in [1.807, 2.05) is 0 Å². The number of carbonyl (C=O) groups excluding carboxylic acids is 1. The number of rotatable bonds is 5. The van der Waals surface area contributed by atoms with E-state index in [1.54, 1.807) is 14.0 Å². The Hall–Kier alpha value is -1.89. The number of carbonyl (C=O) groups is 1. The van der Waals surface area contributed by atoms with Crippen molar-refractivity contribution in [1.29, 1.82) is 0 Å². The van der Waals surface area contributed by atoms with Gasteiger partial charge in [0.1, 0.15) is 6.54 Å². The number of aromatic nitrogens is 2. The molecule has 0 aromatic carbocycles. The van der Waals surface area contributed by atoms with Crippen LogP contribution in [0.25, 0.3) is 0 Å². The Morgan fingerprint density at radius 1 is 1.50 bits per heavy atom. The quantitative estimate of drug-likeness (QED) is 0.709. The van der Waals surface area contributed by atoms with Crippen molar-refractivity contribution in [3.63, 3.8) is 0 Å². The lowest BCUT2D eigenvalue weighted by Gasteiger charge is -2.13. The molecule has 0 aliphatic carbocycles. The third-order valence-corrected chi connectivity index (χ3v) is 2.40. The summed E-state index contributed by atoms with van der Waals surface area (Å²) in [5.41, 5.74) is -0.915. The van der Waals surface area contributed by atoms with Crippen LogP contribution in [0.2, 0.25) is 0 Å². The van der Waals surface area contributed by atoms with Gasteiger partial charge in [-0.15, -0.1) is 0 Å². The van der Waals surface area contributed by atoms with Crippen molar-refractivity contribution in [3.8, 4) is 0 Å². The minimum Gasteiger partial charge on any atom is -0.383 e. The van der Waals surface area contributed by atoms with Crippen LogP contribution in [0, 0.1) is 0 Å². The van der Waals surface area contributed by atoms with E-state index in [1.165, 1.54) is 23.9 Å². The predicted octanol–water partition coefficient (Wildman–Crippen LogP) is -1.30. The van der Waals surface area contributed by atoms with E-state index in [-0.39, 0.29) is 18.5 Å². The summed E-state index contributed by atoms with van der Waals surface area (Å²) in [4.78, 5) is 34.5. The molecule has 0 saturated carbocycles. The highest BCUT2D eigenvalue weighted by atomic mass is 16.5. The van der Waals surface area contributed by atoms with E-state index in [0.29, 0.717) is 6.61 Å². The van der Waals surface area contributed by atoms with E-state index in [0.717, 1.165) is 4.57 Å². The number of nitrogens with one attached hydrogen (secondary N) is 1. The van der Waals surface area contributed by atoms with E-state index < -0.39 is 11.2 Å². The molecule has 0 bridgehead atoms. The van der Waals surface area contributed by atoms with Crippen molar-refractivity contribution >= 4 is 5.91 Å². The molecule has 1 rings (SSSR count). The molecule has 1 unspecified atom stereocenters. The number of hydrogen-bond donors (Lipinski definition) is 1. The lowest BCUT2D eigenvalue weighted by Crippen LogP contribution is -2.42. The van der Waals surface area contributed by atoms with Gasteiger partial charge < -0.3 is 10.1 Å². The lowest BCUT2D eigenvalue weighted by atomic mass is 10.3.